The van der Waals surface area contributed by atoms with Crippen LogP contribution in [0.4, 0.5) is 5.13 Å². The molecular weight excluding hydrogens is 244 g/mol. The van der Waals surface area contributed by atoms with Crippen molar-refractivity contribution >= 4 is 16.5 Å². The van der Waals surface area contributed by atoms with Crippen LogP contribution in [0.15, 0.2) is 0 Å². The molecule has 1 aliphatic carbocycles. The number of nitrogens with zero attached hydrogens (tertiary/aromatic N) is 2. The lowest BCUT2D eigenvalue weighted by Crippen LogP contribution is -2.26. The summed E-state index contributed by atoms with van der Waals surface area (Å²) in [7, 11) is 0. The number of aromatic nitrogens is 1. The van der Waals surface area contributed by atoms with Gasteiger partial charge in [-0.25, -0.2) is 4.98 Å². The molecule has 3 nitrogen and oxygen atoms in total. The maximum absolute atomic E-state index is 9.44. The van der Waals surface area contributed by atoms with Crippen molar-refractivity contribution in [2.75, 3.05) is 11.4 Å². The maximum atomic E-state index is 9.44. The molecule has 1 heterocycles. The summed E-state index contributed by atoms with van der Waals surface area (Å²) in [6.07, 6.45) is 5.05. The largest absolute Gasteiger partial charge is 0.391 e. The zero-order chi connectivity index (χ0) is 13.1. The molecule has 0 radical (unpaired) electrons. The van der Waals surface area contributed by atoms with E-state index in [0.29, 0.717) is 12.0 Å². The highest BCUT2D eigenvalue weighted by molar-refractivity contribution is 7.15. The van der Waals surface area contributed by atoms with Gasteiger partial charge in [0.15, 0.2) is 5.13 Å². The summed E-state index contributed by atoms with van der Waals surface area (Å²) in [4.78, 5) is 8.28. The molecule has 0 bridgehead atoms. The van der Waals surface area contributed by atoms with Gasteiger partial charge >= 0.3 is 0 Å². The Labute approximate surface area is 114 Å². The summed E-state index contributed by atoms with van der Waals surface area (Å²) in [5, 5.41) is 10.6. The lowest BCUT2D eigenvalue weighted by Gasteiger charge is -2.21. The molecule has 0 atom stereocenters. The predicted molar refractivity (Wildman–Crippen MR) is 77.4 cm³/mol. The molecule has 1 aromatic heterocycles. The summed E-state index contributed by atoms with van der Waals surface area (Å²) >= 11 is 1.68. The number of thiazole rings is 1. The van der Waals surface area contributed by atoms with Crippen molar-refractivity contribution in [3.8, 4) is 0 Å². The molecule has 18 heavy (non-hydrogen) atoms. The highest BCUT2D eigenvalue weighted by Gasteiger charge is 2.31. The Kier molecular flexibility index (Phi) is 4.62. The number of aliphatic hydroxyl groups excluding tert-OH is 1. The Balaban J connectivity index is 2.18. The van der Waals surface area contributed by atoms with E-state index in [1.807, 2.05) is 0 Å². The first-order valence-electron chi connectivity index (χ1n) is 7.04. The molecule has 1 saturated carbocycles. The topological polar surface area (TPSA) is 36.4 Å². The van der Waals surface area contributed by atoms with Crippen LogP contribution < -0.4 is 4.90 Å². The number of aliphatic hydroxyl groups is 1. The third-order valence-electron chi connectivity index (χ3n) is 3.39. The van der Waals surface area contributed by atoms with Crippen molar-refractivity contribution in [2.24, 2.45) is 0 Å². The van der Waals surface area contributed by atoms with Crippen LogP contribution >= 0.6 is 11.3 Å². The normalized spacial score (nSPS) is 15.4. The molecule has 4 heteroatoms. The summed E-state index contributed by atoms with van der Waals surface area (Å²) in [5.41, 5.74) is 1.08. The van der Waals surface area contributed by atoms with Crippen LogP contribution in [0.1, 0.15) is 62.9 Å². The van der Waals surface area contributed by atoms with Gasteiger partial charge < -0.3 is 10.0 Å². The first kappa shape index (κ1) is 13.8. The Morgan fingerprint density at radius 2 is 2.17 bits per heavy atom. The molecule has 0 unspecified atom stereocenters. The van der Waals surface area contributed by atoms with Crippen LogP contribution in [0.25, 0.3) is 0 Å². The molecule has 1 fully saturated rings. The first-order valence-corrected chi connectivity index (χ1v) is 7.86. The zero-order valence-electron chi connectivity index (χ0n) is 11.6. The average Bonchev–Trinajstić information content (AvgIpc) is 3.08. The quantitative estimate of drug-likeness (QED) is 0.822. The second-order valence-corrected chi connectivity index (χ2v) is 6.46. The fraction of sp³-hybridized carbons (Fsp3) is 0.786. The van der Waals surface area contributed by atoms with E-state index in [0.717, 1.165) is 22.2 Å². The highest BCUT2D eigenvalue weighted by atomic mass is 32.1. The smallest absolute Gasteiger partial charge is 0.186 e. The fourth-order valence-corrected chi connectivity index (χ4v) is 3.36. The van der Waals surface area contributed by atoms with Crippen LogP contribution in [-0.2, 0) is 6.61 Å². The molecule has 2 rings (SSSR count). The summed E-state index contributed by atoms with van der Waals surface area (Å²) in [6.45, 7) is 7.75. The molecule has 1 aliphatic rings. The minimum absolute atomic E-state index is 0.122. The Bertz CT molecular complexity index is 385. The van der Waals surface area contributed by atoms with Crippen molar-refractivity contribution < 1.29 is 5.11 Å². The summed E-state index contributed by atoms with van der Waals surface area (Å²) in [5.74, 6) is 0.393. The van der Waals surface area contributed by atoms with Gasteiger partial charge in [0, 0.05) is 12.6 Å². The van der Waals surface area contributed by atoms with E-state index in [1.165, 1.54) is 25.7 Å². The molecule has 1 aromatic rings. The van der Waals surface area contributed by atoms with E-state index < -0.39 is 0 Å². The van der Waals surface area contributed by atoms with E-state index in [1.54, 1.807) is 11.3 Å². The second kappa shape index (κ2) is 6.02. The van der Waals surface area contributed by atoms with Crippen molar-refractivity contribution in [3.05, 3.63) is 10.6 Å². The molecule has 0 aliphatic heterocycles. The first-order chi connectivity index (χ1) is 8.67. The Morgan fingerprint density at radius 1 is 1.44 bits per heavy atom. The molecule has 102 valence electrons. The van der Waals surface area contributed by atoms with Crippen LogP contribution in [0, 0.1) is 0 Å². The fourth-order valence-electron chi connectivity index (χ4n) is 2.19. The molecule has 0 aromatic carbocycles. The second-order valence-electron chi connectivity index (χ2n) is 5.40. The summed E-state index contributed by atoms with van der Waals surface area (Å²) in [6, 6.07) is 0.703. The van der Waals surface area contributed by atoms with Crippen molar-refractivity contribution in [2.45, 2.75) is 65.0 Å². The van der Waals surface area contributed by atoms with Crippen molar-refractivity contribution in [3.63, 3.8) is 0 Å². The number of hydrogen-bond donors (Lipinski definition) is 1. The van der Waals surface area contributed by atoms with Gasteiger partial charge in [0.1, 0.15) is 0 Å². The molecule has 0 amide bonds. The van der Waals surface area contributed by atoms with Gasteiger partial charge in [-0.3, -0.25) is 0 Å². The van der Waals surface area contributed by atoms with Gasteiger partial charge in [-0.15, -0.1) is 0 Å². The van der Waals surface area contributed by atoms with E-state index in [2.05, 4.69) is 25.7 Å². The number of rotatable bonds is 7. The van der Waals surface area contributed by atoms with Crippen LogP contribution in [-0.4, -0.2) is 22.7 Å². The Morgan fingerprint density at radius 3 is 2.61 bits per heavy atom. The maximum Gasteiger partial charge on any atom is 0.186 e. The van der Waals surface area contributed by atoms with Gasteiger partial charge in [-0.1, -0.05) is 38.5 Å². The minimum atomic E-state index is 0.122. The van der Waals surface area contributed by atoms with Crippen molar-refractivity contribution in [1.82, 2.24) is 4.98 Å². The van der Waals surface area contributed by atoms with Gasteiger partial charge in [0.05, 0.1) is 17.2 Å². The molecular formula is C14H24N2OS. The van der Waals surface area contributed by atoms with Gasteiger partial charge in [-0.05, 0) is 25.2 Å². The standard InChI is InChI=1S/C14H24N2OS/c1-4-5-8-16(11-6-7-11)14-15-13(10(2)3)12(9-17)18-14/h10-11,17H,4-9H2,1-3H3. The average molecular weight is 268 g/mol. The van der Waals surface area contributed by atoms with Gasteiger partial charge in [0.2, 0.25) is 0 Å². The SMILES string of the molecule is CCCCN(c1nc(C(C)C)c(CO)s1)C1CC1. The Hall–Kier alpha value is -0.610. The number of anilines is 1. The predicted octanol–water partition coefficient (Wildman–Crippen LogP) is 3.53. The van der Waals surface area contributed by atoms with E-state index in [-0.39, 0.29) is 6.61 Å². The zero-order valence-corrected chi connectivity index (χ0v) is 12.5. The number of hydrogen-bond acceptors (Lipinski definition) is 4. The third kappa shape index (κ3) is 3.04. The summed E-state index contributed by atoms with van der Waals surface area (Å²) < 4.78 is 0. The minimum Gasteiger partial charge on any atom is -0.391 e. The lowest BCUT2D eigenvalue weighted by atomic mass is 10.1. The number of unbranched alkanes of at least 4 members (excludes halogenated alkanes) is 1. The molecule has 0 saturated heterocycles. The van der Waals surface area contributed by atoms with Gasteiger partial charge in [-0.2, -0.15) is 0 Å². The highest BCUT2D eigenvalue weighted by Crippen LogP contribution is 2.37. The molecule has 0 spiro atoms. The monoisotopic (exact) mass is 268 g/mol. The van der Waals surface area contributed by atoms with E-state index in [9.17, 15) is 5.11 Å². The van der Waals surface area contributed by atoms with Crippen LogP contribution in [0.3, 0.4) is 0 Å². The van der Waals surface area contributed by atoms with E-state index >= 15 is 0 Å². The molecule has 1 N–H and O–H groups in total. The third-order valence-corrected chi connectivity index (χ3v) is 4.49. The van der Waals surface area contributed by atoms with Crippen LogP contribution in [0.5, 0.6) is 0 Å². The van der Waals surface area contributed by atoms with Gasteiger partial charge in [0.25, 0.3) is 0 Å². The van der Waals surface area contributed by atoms with E-state index in [4.69, 9.17) is 4.98 Å². The van der Waals surface area contributed by atoms with Crippen LogP contribution in [0.2, 0.25) is 0 Å². The lowest BCUT2D eigenvalue weighted by molar-refractivity contribution is 0.283. The van der Waals surface area contributed by atoms with Crippen molar-refractivity contribution in [1.29, 1.82) is 0 Å².